The van der Waals surface area contributed by atoms with Gasteiger partial charge >= 0.3 is 0 Å². The van der Waals surface area contributed by atoms with Gasteiger partial charge < -0.3 is 5.73 Å². The van der Waals surface area contributed by atoms with Crippen molar-refractivity contribution in [3.63, 3.8) is 0 Å². The van der Waals surface area contributed by atoms with Crippen LogP contribution in [0, 0.1) is 36.5 Å². The van der Waals surface area contributed by atoms with Crippen LogP contribution in [0.1, 0.15) is 39.1 Å². The number of amidine groups is 2. The molecule has 2 aromatic heterocycles. The number of aliphatic imine (C=N–C) groups is 1. The summed E-state index contributed by atoms with van der Waals surface area (Å²) in [6.45, 7) is 6.21. The van der Waals surface area contributed by atoms with E-state index in [0.717, 1.165) is 42.9 Å². The van der Waals surface area contributed by atoms with Crippen molar-refractivity contribution in [3.8, 4) is 11.8 Å². The SMILES string of the molecule is CC(=N)N1C(=N)[C@H](Cc2nccs2)N=C(c2ccc(C#CCN)cc2)c2c1sc(C)c2C. The lowest BCUT2D eigenvalue weighted by Crippen LogP contribution is -2.40. The van der Waals surface area contributed by atoms with Crippen molar-refractivity contribution in [1.82, 2.24) is 4.98 Å². The normalized spacial score (nSPS) is 15.5. The minimum Gasteiger partial charge on any atom is -0.320 e. The average molecular weight is 461 g/mol. The van der Waals surface area contributed by atoms with E-state index in [-0.39, 0.29) is 0 Å². The van der Waals surface area contributed by atoms with Crippen molar-refractivity contribution in [2.24, 2.45) is 10.7 Å². The molecule has 32 heavy (non-hydrogen) atoms. The molecule has 3 aromatic rings. The molecule has 0 saturated heterocycles. The van der Waals surface area contributed by atoms with Gasteiger partial charge in [0, 0.05) is 39.6 Å². The first-order valence-corrected chi connectivity index (χ1v) is 11.9. The average Bonchev–Trinajstić information content (AvgIpc) is 3.35. The zero-order valence-corrected chi connectivity index (χ0v) is 19.8. The number of aromatic nitrogens is 1. The highest BCUT2D eigenvalue weighted by Crippen LogP contribution is 2.40. The number of fused-ring (bicyclic) bond motifs is 1. The van der Waals surface area contributed by atoms with E-state index in [1.165, 1.54) is 0 Å². The van der Waals surface area contributed by atoms with Crippen LogP contribution in [0.4, 0.5) is 5.00 Å². The van der Waals surface area contributed by atoms with Crippen LogP contribution in [0.3, 0.4) is 0 Å². The Hall–Kier alpha value is -3.12. The molecular weight excluding hydrogens is 436 g/mol. The monoisotopic (exact) mass is 460 g/mol. The molecule has 1 aromatic carbocycles. The lowest BCUT2D eigenvalue weighted by Gasteiger charge is -2.24. The van der Waals surface area contributed by atoms with Crippen LogP contribution >= 0.6 is 22.7 Å². The number of thiophene rings is 1. The lowest BCUT2D eigenvalue weighted by molar-refractivity contribution is 0.830. The summed E-state index contributed by atoms with van der Waals surface area (Å²) in [7, 11) is 0. The van der Waals surface area contributed by atoms with Crippen molar-refractivity contribution >= 4 is 45.1 Å². The molecule has 4 rings (SSSR count). The molecule has 0 unspecified atom stereocenters. The maximum absolute atomic E-state index is 8.98. The Balaban J connectivity index is 1.90. The third-order valence-electron chi connectivity index (χ3n) is 5.33. The summed E-state index contributed by atoms with van der Waals surface area (Å²) in [5.74, 6) is 6.55. The second-order valence-corrected chi connectivity index (χ2v) is 9.66. The van der Waals surface area contributed by atoms with Crippen molar-refractivity contribution < 1.29 is 0 Å². The molecule has 4 N–H and O–H groups in total. The summed E-state index contributed by atoms with van der Waals surface area (Å²) in [5.41, 5.74) is 10.3. The molecule has 1 atom stereocenters. The van der Waals surface area contributed by atoms with E-state index < -0.39 is 6.04 Å². The quantitative estimate of drug-likeness (QED) is 0.307. The van der Waals surface area contributed by atoms with Gasteiger partial charge in [-0.15, -0.1) is 22.7 Å². The van der Waals surface area contributed by atoms with Crippen LogP contribution in [0.2, 0.25) is 0 Å². The van der Waals surface area contributed by atoms with E-state index >= 15 is 0 Å². The van der Waals surface area contributed by atoms with Crippen LogP contribution in [-0.4, -0.2) is 35.0 Å². The molecule has 3 heterocycles. The molecule has 0 radical (unpaired) electrons. The number of hydrogen-bond acceptors (Lipinski definition) is 7. The fraction of sp³-hybridized carbons (Fsp3) is 0.250. The van der Waals surface area contributed by atoms with Gasteiger partial charge in [-0.3, -0.25) is 20.7 Å². The first-order chi connectivity index (χ1) is 15.4. The van der Waals surface area contributed by atoms with Crippen LogP contribution in [0.5, 0.6) is 0 Å². The zero-order valence-electron chi connectivity index (χ0n) is 18.2. The van der Waals surface area contributed by atoms with Crippen molar-refractivity contribution in [2.75, 3.05) is 11.4 Å². The summed E-state index contributed by atoms with van der Waals surface area (Å²) in [6.07, 6.45) is 2.30. The number of aryl methyl sites for hydroxylation is 1. The fourth-order valence-electron chi connectivity index (χ4n) is 3.66. The molecule has 0 fully saturated rings. The van der Waals surface area contributed by atoms with Crippen molar-refractivity contribution in [2.45, 2.75) is 33.2 Å². The Kier molecular flexibility index (Phi) is 6.33. The molecule has 0 aliphatic carbocycles. The summed E-state index contributed by atoms with van der Waals surface area (Å²) in [4.78, 5) is 12.4. The number of nitrogens with zero attached hydrogens (tertiary/aromatic N) is 3. The molecule has 0 saturated carbocycles. The van der Waals surface area contributed by atoms with Crippen LogP contribution in [0.25, 0.3) is 0 Å². The Bertz CT molecular complexity index is 1260. The molecule has 162 valence electrons. The van der Waals surface area contributed by atoms with Gasteiger partial charge in [0.15, 0.2) is 0 Å². The first kappa shape index (κ1) is 22.1. The fourth-order valence-corrected chi connectivity index (χ4v) is 5.54. The largest absolute Gasteiger partial charge is 0.320 e. The van der Waals surface area contributed by atoms with Gasteiger partial charge in [-0.2, -0.15) is 0 Å². The summed E-state index contributed by atoms with van der Waals surface area (Å²) >= 11 is 3.17. The Morgan fingerprint density at radius 2 is 2.00 bits per heavy atom. The molecule has 6 nitrogen and oxygen atoms in total. The maximum atomic E-state index is 8.98. The molecule has 1 aliphatic heterocycles. The van der Waals surface area contributed by atoms with Gasteiger partial charge in [0.1, 0.15) is 22.7 Å². The van der Waals surface area contributed by atoms with Gasteiger partial charge in [0.25, 0.3) is 0 Å². The smallest absolute Gasteiger partial charge is 0.132 e. The van der Waals surface area contributed by atoms with E-state index in [2.05, 4.69) is 30.7 Å². The first-order valence-electron chi connectivity index (χ1n) is 10.2. The Morgan fingerprint density at radius 3 is 2.62 bits per heavy atom. The number of hydrogen-bond donors (Lipinski definition) is 3. The molecule has 0 bridgehead atoms. The van der Waals surface area contributed by atoms with E-state index in [1.54, 1.807) is 40.7 Å². The van der Waals surface area contributed by atoms with Crippen molar-refractivity contribution in [3.05, 3.63) is 68.0 Å². The van der Waals surface area contributed by atoms with Gasteiger partial charge in [-0.1, -0.05) is 24.0 Å². The van der Waals surface area contributed by atoms with Gasteiger partial charge in [-0.25, -0.2) is 4.98 Å². The molecule has 0 amide bonds. The van der Waals surface area contributed by atoms with E-state index in [0.29, 0.717) is 24.6 Å². The number of benzene rings is 1. The van der Waals surface area contributed by atoms with E-state index in [1.807, 2.05) is 29.6 Å². The van der Waals surface area contributed by atoms with Crippen LogP contribution < -0.4 is 10.6 Å². The highest BCUT2D eigenvalue weighted by Gasteiger charge is 2.34. The van der Waals surface area contributed by atoms with Gasteiger partial charge in [-0.05, 0) is 38.5 Å². The predicted molar refractivity (Wildman–Crippen MR) is 135 cm³/mol. The number of nitrogens with one attached hydrogen (secondary N) is 2. The Morgan fingerprint density at radius 1 is 1.25 bits per heavy atom. The van der Waals surface area contributed by atoms with E-state index in [9.17, 15) is 0 Å². The summed E-state index contributed by atoms with van der Waals surface area (Å²) in [6, 6.07) is 7.55. The highest BCUT2D eigenvalue weighted by atomic mass is 32.1. The number of rotatable bonds is 3. The Labute approximate surface area is 195 Å². The van der Waals surface area contributed by atoms with Crippen molar-refractivity contribution in [1.29, 1.82) is 10.8 Å². The van der Waals surface area contributed by atoms with Crippen LogP contribution in [-0.2, 0) is 6.42 Å². The minimum absolute atomic E-state index is 0.302. The standard InChI is InChI=1S/C24H24N6S2/c1-14-15(2)32-24-21(14)22(18-8-6-17(7-9-18)5-4-10-25)29-19(13-20-28-11-12-31-20)23(27)30(24)16(3)26/h6-9,11-12,19,26-27H,10,13,25H2,1-3H3/t19-/m0/s1. The molecular formula is C24H24N6S2. The minimum atomic E-state index is -0.438. The summed E-state index contributed by atoms with van der Waals surface area (Å²) < 4.78 is 0. The zero-order chi connectivity index (χ0) is 22.8. The second kappa shape index (κ2) is 9.17. The second-order valence-electron chi connectivity index (χ2n) is 7.48. The third kappa shape index (κ3) is 4.15. The number of thiazole rings is 1. The predicted octanol–water partition coefficient (Wildman–Crippen LogP) is 4.37. The van der Waals surface area contributed by atoms with Crippen LogP contribution in [0.15, 0.2) is 40.8 Å². The lowest BCUT2D eigenvalue weighted by atomic mass is 9.98. The molecule has 1 aliphatic rings. The highest BCUT2D eigenvalue weighted by molar-refractivity contribution is 7.17. The number of nitrogens with two attached hydrogens (primary N) is 1. The molecule has 8 heteroatoms. The van der Waals surface area contributed by atoms with Gasteiger partial charge in [0.05, 0.1) is 17.3 Å². The summed E-state index contributed by atoms with van der Waals surface area (Å²) in [5, 5.41) is 21.2. The topological polar surface area (TPSA) is 102 Å². The van der Waals surface area contributed by atoms with Gasteiger partial charge in [0.2, 0.25) is 0 Å². The maximum Gasteiger partial charge on any atom is 0.132 e. The van der Waals surface area contributed by atoms with E-state index in [4.69, 9.17) is 21.5 Å². The third-order valence-corrected chi connectivity index (χ3v) is 7.32. The molecule has 0 spiro atoms. The number of anilines is 1.